The number of nitrogens with one attached hydrogen (secondary N) is 1. The van der Waals surface area contributed by atoms with Gasteiger partial charge in [-0.15, -0.1) is 11.6 Å². The van der Waals surface area contributed by atoms with E-state index < -0.39 is 0 Å². The summed E-state index contributed by atoms with van der Waals surface area (Å²) in [5.41, 5.74) is 12.8. The Morgan fingerprint density at radius 3 is 2.74 bits per heavy atom. The van der Waals surface area contributed by atoms with E-state index in [9.17, 15) is 9.90 Å². The molecule has 1 aromatic heterocycles. The van der Waals surface area contributed by atoms with Gasteiger partial charge in [-0.1, -0.05) is 36.4 Å². The lowest BCUT2D eigenvalue weighted by atomic mass is 9.92. The third-order valence-corrected chi connectivity index (χ3v) is 7.34. The van der Waals surface area contributed by atoms with Crippen LogP contribution in [-0.4, -0.2) is 28.4 Å². The molecular weight excluding hydrogens is 458 g/mol. The molecule has 1 atom stereocenters. The molecule has 4 aromatic carbocycles. The highest BCUT2D eigenvalue weighted by atomic mass is 35.5. The molecule has 5 aromatic rings. The maximum atomic E-state index is 13.7. The number of anilines is 2. The Bertz CT molecular complexity index is 1640. The summed E-state index contributed by atoms with van der Waals surface area (Å²) in [7, 11) is 0. The van der Waals surface area contributed by atoms with Crippen molar-refractivity contribution in [1.29, 1.82) is 0 Å². The number of nitrogens with zero attached hydrogens (tertiary/aromatic N) is 1. The van der Waals surface area contributed by atoms with E-state index in [-0.39, 0.29) is 17.6 Å². The Morgan fingerprint density at radius 2 is 1.94 bits per heavy atom. The molecule has 0 unspecified atom stereocenters. The van der Waals surface area contributed by atoms with Crippen LogP contribution < -0.4 is 10.6 Å². The van der Waals surface area contributed by atoms with Crippen LogP contribution in [0, 0.1) is 6.92 Å². The van der Waals surface area contributed by atoms with Gasteiger partial charge in [0.2, 0.25) is 0 Å². The van der Waals surface area contributed by atoms with E-state index in [2.05, 4.69) is 11.1 Å². The quantitative estimate of drug-likeness (QED) is 0.201. The Labute approximate surface area is 207 Å². The molecule has 6 heteroatoms. The third kappa shape index (κ3) is 3.43. The summed E-state index contributed by atoms with van der Waals surface area (Å²) in [4.78, 5) is 18.9. The number of aromatic hydroxyl groups is 1. The summed E-state index contributed by atoms with van der Waals surface area (Å²) in [6, 6.07) is 23.0. The molecule has 1 aliphatic rings. The standard InChI is InChI=1S/C29H24ClN3O2/c1-16-4-2-7-22-26(34)13-25-28(27(16)22)20(14-30)15-33(25)29(35)19-9-8-18-11-23(32-24(18)12-19)17-5-3-6-21(31)10-17/h2-13,20,32,34H,14-15,31H2,1H3/t20-/m1/s1. The van der Waals surface area contributed by atoms with Crippen LogP contribution >= 0.6 is 11.6 Å². The molecule has 0 aliphatic carbocycles. The molecule has 0 fully saturated rings. The first kappa shape index (κ1) is 21.6. The van der Waals surface area contributed by atoms with Crippen molar-refractivity contribution >= 4 is 50.6 Å². The molecular formula is C29H24ClN3O2. The highest BCUT2D eigenvalue weighted by Crippen LogP contribution is 2.46. The molecule has 2 heterocycles. The normalized spacial score (nSPS) is 15.1. The Kier molecular flexibility index (Phi) is 4.97. The van der Waals surface area contributed by atoms with Crippen LogP contribution in [0.1, 0.15) is 27.4 Å². The number of benzene rings is 4. The van der Waals surface area contributed by atoms with Crippen molar-refractivity contribution in [3.63, 3.8) is 0 Å². The zero-order chi connectivity index (χ0) is 24.3. The molecule has 1 aliphatic heterocycles. The lowest BCUT2D eigenvalue weighted by Crippen LogP contribution is -2.30. The van der Waals surface area contributed by atoms with Gasteiger partial charge in [0.05, 0.1) is 5.69 Å². The van der Waals surface area contributed by atoms with Crippen LogP contribution in [0.5, 0.6) is 5.75 Å². The molecule has 6 rings (SSSR count). The number of hydrogen-bond donors (Lipinski definition) is 3. The fourth-order valence-electron chi connectivity index (χ4n) is 5.29. The van der Waals surface area contributed by atoms with Crippen molar-refractivity contribution in [3.8, 4) is 17.0 Å². The average Bonchev–Trinajstić information content (AvgIpc) is 3.45. The summed E-state index contributed by atoms with van der Waals surface area (Å²) in [5, 5.41) is 13.6. The van der Waals surface area contributed by atoms with Crippen LogP contribution in [0.4, 0.5) is 11.4 Å². The Hall–Kier alpha value is -3.96. The van der Waals surface area contributed by atoms with Gasteiger partial charge in [-0.3, -0.25) is 4.79 Å². The molecule has 0 bridgehead atoms. The number of halogens is 1. The number of phenolic OH excluding ortho intramolecular Hbond substituents is 1. The van der Waals surface area contributed by atoms with E-state index in [1.54, 1.807) is 11.0 Å². The number of aromatic amines is 1. The number of amides is 1. The van der Waals surface area contributed by atoms with E-state index in [1.807, 2.05) is 67.6 Å². The van der Waals surface area contributed by atoms with Crippen LogP contribution in [0.25, 0.3) is 32.9 Å². The van der Waals surface area contributed by atoms with Gasteiger partial charge >= 0.3 is 0 Å². The van der Waals surface area contributed by atoms with Crippen LogP contribution in [0.3, 0.4) is 0 Å². The van der Waals surface area contributed by atoms with E-state index in [0.29, 0.717) is 23.7 Å². The summed E-state index contributed by atoms with van der Waals surface area (Å²) in [6.07, 6.45) is 0. The number of carbonyl (C=O) groups is 1. The predicted molar refractivity (Wildman–Crippen MR) is 144 cm³/mol. The number of fused-ring (bicyclic) bond motifs is 4. The van der Waals surface area contributed by atoms with Gasteiger partial charge in [-0.2, -0.15) is 0 Å². The lowest BCUT2D eigenvalue weighted by Gasteiger charge is -2.19. The van der Waals surface area contributed by atoms with E-state index in [0.717, 1.165) is 49.7 Å². The second-order valence-corrected chi connectivity index (χ2v) is 9.51. The van der Waals surface area contributed by atoms with Crippen molar-refractivity contribution < 1.29 is 9.90 Å². The lowest BCUT2D eigenvalue weighted by molar-refractivity contribution is 0.0988. The summed E-state index contributed by atoms with van der Waals surface area (Å²) < 4.78 is 0. The number of hydrogen-bond acceptors (Lipinski definition) is 3. The monoisotopic (exact) mass is 481 g/mol. The molecule has 4 N–H and O–H groups in total. The molecule has 174 valence electrons. The van der Waals surface area contributed by atoms with Crippen molar-refractivity contribution in [3.05, 3.63) is 89.5 Å². The Morgan fingerprint density at radius 1 is 1.11 bits per heavy atom. The smallest absolute Gasteiger partial charge is 0.258 e. The first-order valence-corrected chi connectivity index (χ1v) is 12.1. The van der Waals surface area contributed by atoms with Crippen LogP contribution in [0.15, 0.2) is 72.8 Å². The highest BCUT2D eigenvalue weighted by Gasteiger charge is 2.35. The number of nitrogens with two attached hydrogens (primary N) is 1. The maximum Gasteiger partial charge on any atom is 0.258 e. The predicted octanol–water partition coefficient (Wildman–Crippen LogP) is 6.57. The zero-order valence-electron chi connectivity index (χ0n) is 19.2. The fraction of sp³-hybridized carbons (Fsp3) is 0.138. The number of nitrogen functional groups attached to an aromatic ring is 1. The van der Waals surface area contributed by atoms with Gasteiger partial charge in [0.1, 0.15) is 5.75 Å². The van der Waals surface area contributed by atoms with Gasteiger partial charge in [0, 0.05) is 57.6 Å². The second-order valence-electron chi connectivity index (χ2n) is 9.20. The van der Waals surface area contributed by atoms with Gasteiger partial charge in [0.25, 0.3) is 5.91 Å². The number of phenols is 1. The highest BCUT2D eigenvalue weighted by molar-refractivity contribution is 6.19. The Balaban J connectivity index is 1.43. The third-order valence-electron chi connectivity index (χ3n) is 6.97. The summed E-state index contributed by atoms with van der Waals surface area (Å²) >= 11 is 6.38. The average molecular weight is 482 g/mol. The van der Waals surface area contributed by atoms with E-state index >= 15 is 0 Å². The number of alkyl halides is 1. The van der Waals surface area contributed by atoms with Crippen molar-refractivity contribution in [2.24, 2.45) is 0 Å². The largest absolute Gasteiger partial charge is 0.507 e. The van der Waals surface area contributed by atoms with Crippen molar-refractivity contribution in [1.82, 2.24) is 4.98 Å². The SMILES string of the molecule is Cc1cccc2c(O)cc3c(c12)[C@H](CCl)CN3C(=O)c1ccc2cc(-c3cccc(N)c3)[nH]c2c1. The number of rotatable bonds is 3. The zero-order valence-corrected chi connectivity index (χ0v) is 19.9. The fourth-order valence-corrected chi connectivity index (χ4v) is 5.55. The van der Waals surface area contributed by atoms with Gasteiger partial charge in [-0.25, -0.2) is 0 Å². The molecule has 0 spiro atoms. The number of carbonyl (C=O) groups excluding carboxylic acids is 1. The van der Waals surface area contributed by atoms with Gasteiger partial charge < -0.3 is 20.7 Å². The van der Waals surface area contributed by atoms with Crippen molar-refractivity contribution in [2.75, 3.05) is 23.1 Å². The maximum absolute atomic E-state index is 13.7. The van der Waals surface area contributed by atoms with Crippen molar-refractivity contribution in [2.45, 2.75) is 12.8 Å². The first-order chi connectivity index (χ1) is 16.9. The molecule has 1 amide bonds. The summed E-state index contributed by atoms with van der Waals surface area (Å²) in [6.45, 7) is 2.50. The number of aryl methyl sites for hydroxylation is 1. The summed E-state index contributed by atoms with van der Waals surface area (Å²) in [5.74, 6) is 0.434. The molecule has 5 nitrogen and oxygen atoms in total. The number of H-pyrrole nitrogens is 1. The number of aromatic nitrogens is 1. The first-order valence-electron chi connectivity index (χ1n) is 11.6. The minimum absolute atomic E-state index is 0.0100. The van der Waals surface area contributed by atoms with Crippen LogP contribution in [0.2, 0.25) is 0 Å². The minimum Gasteiger partial charge on any atom is -0.507 e. The minimum atomic E-state index is -0.117. The topological polar surface area (TPSA) is 82.3 Å². The second kappa shape index (κ2) is 8.07. The molecule has 35 heavy (non-hydrogen) atoms. The van der Waals surface area contributed by atoms with Gasteiger partial charge in [-0.05, 0) is 59.3 Å². The molecule has 0 saturated heterocycles. The van der Waals surface area contributed by atoms with E-state index in [1.165, 1.54) is 0 Å². The van der Waals surface area contributed by atoms with Gasteiger partial charge in [0.15, 0.2) is 0 Å². The molecule has 0 radical (unpaired) electrons. The van der Waals surface area contributed by atoms with Crippen LogP contribution in [-0.2, 0) is 0 Å². The molecule has 0 saturated carbocycles. The van der Waals surface area contributed by atoms with E-state index in [4.69, 9.17) is 17.3 Å².